The molecule has 1 aromatic heterocycles. The fraction of sp³-hybridized carbons (Fsp3) is 0.577. The lowest BCUT2D eigenvalue weighted by Crippen LogP contribution is -2.53. The van der Waals surface area contributed by atoms with Crippen LogP contribution in [0.1, 0.15) is 74.8 Å². The van der Waals surface area contributed by atoms with Crippen LogP contribution in [0.25, 0.3) is 0 Å². The maximum absolute atomic E-state index is 13.9. The monoisotopic (exact) mass is 483 g/mol. The van der Waals surface area contributed by atoms with Crippen LogP contribution in [0.15, 0.2) is 30.6 Å². The summed E-state index contributed by atoms with van der Waals surface area (Å²) in [7, 11) is 0. The Morgan fingerprint density at radius 3 is 2.53 bits per heavy atom. The molecule has 3 aliphatic rings. The number of hydrogen-bond acceptors (Lipinski definition) is 6. The van der Waals surface area contributed by atoms with Crippen molar-refractivity contribution in [2.45, 2.75) is 69.6 Å². The van der Waals surface area contributed by atoms with Crippen LogP contribution in [0.4, 0.5) is 5.82 Å². The molecule has 0 radical (unpaired) electrons. The van der Waals surface area contributed by atoms with E-state index >= 15 is 0 Å². The number of aromatic nitrogens is 2. The molecule has 2 saturated heterocycles. The second-order valence-electron chi connectivity index (χ2n) is 10.7. The quantitative estimate of drug-likeness (QED) is 0.691. The number of nitrogens with one attached hydrogen (secondary N) is 1. The van der Waals surface area contributed by atoms with Gasteiger partial charge in [-0.3, -0.25) is 4.79 Å². The zero-order chi connectivity index (χ0) is 24.0. The van der Waals surface area contributed by atoms with Crippen molar-refractivity contribution in [2.75, 3.05) is 31.1 Å². The third-order valence-electron chi connectivity index (χ3n) is 7.72. The molecule has 0 spiro atoms. The van der Waals surface area contributed by atoms with Crippen LogP contribution >= 0.6 is 11.6 Å². The molecule has 3 heterocycles. The number of hydrogen-bond donors (Lipinski definition) is 2. The summed E-state index contributed by atoms with van der Waals surface area (Å²) >= 11 is 6.14. The molecule has 0 saturated carbocycles. The van der Waals surface area contributed by atoms with Gasteiger partial charge in [-0.15, -0.1) is 0 Å². The zero-order valence-electron chi connectivity index (χ0n) is 20.2. The van der Waals surface area contributed by atoms with Crippen LogP contribution in [0.2, 0.25) is 5.02 Å². The summed E-state index contributed by atoms with van der Waals surface area (Å²) in [4.78, 5) is 27.0. The van der Waals surface area contributed by atoms with E-state index in [0.717, 1.165) is 48.6 Å². The van der Waals surface area contributed by atoms with Crippen molar-refractivity contribution in [1.82, 2.24) is 20.2 Å². The van der Waals surface area contributed by atoms with E-state index in [1.165, 1.54) is 0 Å². The van der Waals surface area contributed by atoms with Crippen LogP contribution in [0, 0.1) is 0 Å². The van der Waals surface area contributed by atoms with Gasteiger partial charge in [-0.2, -0.15) is 0 Å². The summed E-state index contributed by atoms with van der Waals surface area (Å²) in [6, 6.07) is 7.84. The molecule has 7 nitrogen and oxygen atoms in total. The lowest BCUT2D eigenvalue weighted by atomic mass is 9.88. The van der Waals surface area contributed by atoms with Crippen LogP contribution in [0.5, 0.6) is 0 Å². The van der Waals surface area contributed by atoms with E-state index in [1.807, 2.05) is 29.2 Å². The molecule has 4 atom stereocenters. The number of halogens is 1. The van der Waals surface area contributed by atoms with E-state index < -0.39 is 6.10 Å². The molecule has 5 rings (SSSR count). The maximum Gasteiger partial charge on any atom is 0.231 e. The molecular formula is C26H34ClN5O2. The molecular weight excluding hydrogens is 450 g/mol. The van der Waals surface area contributed by atoms with Gasteiger partial charge < -0.3 is 20.2 Å². The maximum atomic E-state index is 13.9. The summed E-state index contributed by atoms with van der Waals surface area (Å²) in [6.07, 6.45) is 3.74. The van der Waals surface area contributed by atoms with Gasteiger partial charge in [-0.05, 0) is 56.7 Å². The average molecular weight is 484 g/mol. The Kier molecular flexibility index (Phi) is 6.29. The highest BCUT2D eigenvalue weighted by atomic mass is 35.5. The first-order valence-electron chi connectivity index (χ1n) is 12.3. The molecule has 2 aliphatic heterocycles. The molecule has 0 unspecified atom stereocenters. The fourth-order valence-electron chi connectivity index (χ4n) is 5.92. The first kappa shape index (κ1) is 23.5. The van der Waals surface area contributed by atoms with E-state index in [-0.39, 0.29) is 29.3 Å². The second-order valence-corrected chi connectivity index (χ2v) is 11.1. The van der Waals surface area contributed by atoms with Gasteiger partial charge in [0.2, 0.25) is 5.91 Å². The lowest BCUT2D eigenvalue weighted by molar-refractivity contribution is -0.133. The van der Waals surface area contributed by atoms with Gasteiger partial charge in [0.15, 0.2) is 0 Å². The number of rotatable bonds is 4. The van der Waals surface area contributed by atoms with E-state index in [9.17, 15) is 9.90 Å². The van der Waals surface area contributed by atoms with Crippen LogP contribution in [-0.2, 0) is 4.79 Å². The Balaban J connectivity index is 1.33. The SMILES string of the molecule is C[C@@H]1C[C@H](O)c2ncnc(N3CCN(C(=O)[C@@H](c4ccc(Cl)cc4)[C@@H]4CCC(C)(C)N4)CC3)c21. The summed E-state index contributed by atoms with van der Waals surface area (Å²) in [5, 5.41) is 14.7. The molecule has 34 heavy (non-hydrogen) atoms. The zero-order valence-corrected chi connectivity index (χ0v) is 20.9. The van der Waals surface area contributed by atoms with E-state index in [0.29, 0.717) is 24.5 Å². The highest BCUT2D eigenvalue weighted by Gasteiger charge is 2.41. The first-order chi connectivity index (χ1) is 16.2. The van der Waals surface area contributed by atoms with Gasteiger partial charge in [0, 0.05) is 48.3 Å². The average Bonchev–Trinajstić information content (AvgIpc) is 3.33. The van der Waals surface area contributed by atoms with E-state index in [1.54, 1.807) is 6.33 Å². The molecule has 1 aromatic carbocycles. The van der Waals surface area contributed by atoms with Gasteiger partial charge in [-0.25, -0.2) is 9.97 Å². The van der Waals surface area contributed by atoms with Gasteiger partial charge in [0.05, 0.1) is 17.7 Å². The largest absolute Gasteiger partial charge is 0.387 e. The van der Waals surface area contributed by atoms with Crippen LogP contribution < -0.4 is 10.2 Å². The minimum absolute atomic E-state index is 0.0307. The predicted octanol–water partition coefficient (Wildman–Crippen LogP) is 3.63. The fourth-order valence-corrected chi connectivity index (χ4v) is 6.05. The number of piperazine rings is 1. The van der Waals surface area contributed by atoms with Crippen LogP contribution in [-0.4, -0.2) is 63.6 Å². The number of nitrogens with zero attached hydrogens (tertiary/aromatic N) is 4. The van der Waals surface area contributed by atoms with Crippen molar-refractivity contribution >= 4 is 23.3 Å². The van der Waals surface area contributed by atoms with Crippen molar-refractivity contribution < 1.29 is 9.90 Å². The number of fused-ring (bicyclic) bond motifs is 1. The molecule has 2 N–H and O–H groups in total. The second kappa shape index (κ2) is 9.10. The van der Waals surface area contributed by atoms with Crippen LogP contribution in [0.3, 0.4) is 0 Å². The predicted molar refractivity (Wildman–Crippen MR) is 133 cm³/mol. The Morgan fingerprint density at radius 1 is 1.18 bits per heavy atom. The van der Waals surface area contributed by atoms with Gasteiger partial charge >= 0.3 is 0 Å². The first-order valence-corrected chi connectivity index (χ1v) is 12.7. The molecule has 0 bridgehead atoms. The molecule has 1 amide bonds. The number of amides is 1. The Bertz CT molecular complexity index is 1050. The topological polar surface area (TPSA) is 81.6 Å². The highest BCUT2D eigenvalue weighted by molar-refractivity contribution is 6.30. The lowest BCUT2D eigenvalue weighted by Gasteiger charge is -2.39. The van der Waals surface area contributed by atoms with Gasteiger partial charge in [0.1, 0.15) is 12.1 Å². The normalized spacial score (nSPS) is 27.0. The minimum atomic E-state index is -0.516. The summed E-state index contributed by atoms with van der Waals surface area (Å²) in [5.74, 6) is 1.08. The third kappa shape index (κ3) is 4.41. The minimum Gasteiger partial charge on any atom is -0.387 e. The van der Waals surface area contributed by atoms with Crippen molar-refractivity contribution in [3.63, 3.8) is 0 Å². The molecule has 8 heteroatoms. The van der Waals surface area contributed by atoms with E-state index in [2.05, 4.69) is 41.0 Å². The van der Waals surface area contributed by atoms with Crippen molar-refractivity contribution in [2.24, 2.45) is 0 Å². The molecule has 2 fully saturated rings. The number of anilines is 1. The smallest absolute Gasteiger partial charge is 0.231 e. The molecule has 1 aliphatic carbocycles. The molecule has 2 aromatic rings. The van der Waals surface area contributed by atoms with Gasteiger partial charge in [0.25, 0.3) is 0 Å². The van der Waals surface area contributed by atoms with E-state index in [4.69, 9.17) is 11.6 Å². The van der Waals surface area contributed by atoms with Gasteiger partial charge in [-0.1, -0.05) is 30.7 Å². The Hall–Kier alpha value is -2.22. The van der Waals surface area contributed by atoms with Crippen molar-refractivity contribution in [3.05, 3.63) is 52.4 Å². The third-order valence-corrected chi connectivity index (χ3v) is 7.98. The standard InChI is InChI=1S/C26H34ClN5O2/c1-16-14-20(33)23-21(16)24(29-15-28-23)31-10-12-32(13-11-31)25(34)22(17-4-6-18(27)7-5-17)19-8-9-26(2,3)30-19/h4-7,15-16,19-20,22,30,33H,8-14H2,1-3H3/t16-,19+,20+,22+/m1/s1. The number of aliphatic hydroxyl groups excluding tert-OH is 1. The van der Waals surface area contributed by atoms with Crippen molar-refractivity contribution in [1.29, 1.82) is 0 Å². The summed E-state index contributed by atoms with van der Waals surface area (Å²) < 4.78 is 0. The summed E-state index contributed by atoms with van der Waals surface area (Å²) in [6.45, 7) is 9.25. The van der Waals surface area contributed by atoms with Crippen molar-refractivity contribution in [3.8, 4) is 0 Å². The highest BCUT2D eigenvalue weighted by Crippen LogP contribution is 2.43. The number of benzene rings is 1. The number of carbonyl (C=O) groups excluding carboxylic acids is 1. The Morgan fingerprint density at radius 2 is 1.88 bits per heavy atom. The Labute approximate surface area is 206 Å². The number of aliphatic hydroxyl groups is 1. The summed E-state index contributed by atoms with van der Waals surface area (Å²) in [5.41, 5.74) is 2.87. The number of carbonyl (C=O) groups is 1. The molecule has 182 valence electrons.